The normalized spacial score (nSPS) is 20.2. The lowest BCUT2D eigenvalue weighted by Crippen LogP contribution is -2.37. The van der Waals surface area contributed by atoms with Crippen LogP contribution < -0.4 is 19.3 Å². The van der Waals surface area contributed by atoms with Crippen LogP contribution >= 0.6 is 0 Å². The van der Waals surface area contributed by atoms with E-state index < -0.39 is 22.7 Å². The Labute approximate surface area is 309 Å². The number of hydrogen-bond donors (Lipinski definition) is 0. The van der Waals surface area contributed by atoms with Gasteiger partial charge in [-0.05, 0) is 71.3 Å². The lowest BCUT2D eigenvalue weighted by Gasteiger charge is -2.40. The molecule has 9 rings (SSSR count). The topological polar surface area (TPSA) is 43.4 Å². The van der Waals surface area contributed by atoms with Crippen molar-refractivity contribution >= 4 is 28.2 Å². The van der Waals surface area contributed by atoms with Gasteiger partial charge < -0.3 is 28.7 Å². The van der Waals surface area contributed by atoms with Crippen LogP contribution in [-0.2, 0) is 20.5 Å². The highest BCUT2D eigenvalue weighted by Crippen LogP contribution is 2.61. The predicted octanol–water partition coefficient (Wildman–Crippen LogP) is 9.24. The average molecular weight is 715 g/mol. The molecule has 0 bridgehead atoms. The van der Waals surface area contributed by atoms with Crippen molar-refractivity contribution < 1.29 is 27.7 Å². The molecule has 4 aliphatic rings. The fourth-order valence-corrected chi connectivity index (χ4v) is 9.39. The van der Waals surface area contributed by atoms with Crippen LogP contribution in [-0.4, -0.2) is 59.7 Å². The molecule has 6 nitrogen and oxygen atoms in total. The van der Waals surface area contributed by atoms with Crippen molar-refractivity contribution in [2.75, 3.05) is 69.5 Å². The summed E-state index contributed by atoms with van der Waals surface area (Å²) in [4.78, 5) is 4.62. The third-order valence-electron chi connectivity index (χ3n) is 12.1. The summed E-state index contributed by atoms with van der Waals surface area (Å²) in [7, 11) is 1.69. The highest BCUT2D eigenvalue weighted by Gasteiger charge is 2.48. The van der Waals surface area contributed by atoms with Gasteiger partial charge in [0.05, 0.1) is 39.2 Å². The minimum atomic E-state index is -0.973. The molecule has 1 aliphatic carbocycles. The Balaban J connectivity index is 1.33. The van der Waals surface area contributed by atoms with Gasteiger partial charge >= 0.3 is 0 Å². The summed E-state index contributed by atoms with van der Waals surface area (Å²) in [5.74, 6) is 0.316. The van der Waals surface area contributed by atoms with E-state index in [1.54, 1.807) is 7.11 Å². The third kappa shape index (κ3) is 5.17. The summed E-state index contributed by atoms with van der Waals surface area (Å²) in [6, 6.07) is 25.7. The van der Waals surface area contributed by atoms with Crippen LogP contribution in [0.25, 0.3) is 28.0 Å². The quantitative estimate of drug-likeness (QED) is 0.168. The van der Waals surface area contributed by atoms with Gasteiger partial charge in [0.15, 0.2) is 5.60 Å². The molecule has 3 heterocycles. The van der Waals surface area contributed by atoms with Crippen molar-refractivity contribution in [3.63, 3.8) is 0 Å². The van der Waals surface area contributed by atoms with Gasteiger partial charge in [-0.15, -0.1) is 0 Å². The van der Waals surface area contributed by atoms with E-state index in [9.17, 15) is 0 Å². The molecule has 0 N–H and O–H groups in total. The van der Waals surface area contributed by atoms with Crippen LogP contribution in [0.5, 0.6) is 11.5 Å². The maximum Gasteiger partial charge on any atom is 0.178 e. The summed E-state index contributed by atoms with van der Waals surface area (Å²) in [5, 5.41) is 1.72. The van der Waals surface area contributed by atoms with Gasteiger partial charge in [-0.25, -0.2) is 8.78 Å². The standard InChI is InChI=1S/C45H44F2N2O4/c1-4-44(5-2)41-36(25-31(46)26-37(41)47)40-34-27-38(49-19-23-52-24-20-49)39(50-3)28-35(34)43-33(42(40)44)15-16-45(53-43,29-9-7-6-8-10-29)30-11-13-32(14-12-30)48-17-21-51-22-18-48/h6-16,25-28H,4-5,17-24H2,1-3H3. The van der Waals surface area contributed by atoms with Crippen molar-refractivity contribution in [3.05, 3.63) is 124 Å². The van der Waals surface area contributed by atoms with E-state index in [4.69, 9.17) is 18.9 Å². The predicted molar refractivity (Wildman–Crippen MR) is 207 cm³/mol. The molecular weight excluding hydrogens is 671 g/mol. The zero-order chi connectivity index (χ0) is 36.3. The summed E-state index contributed by atoms with van der Waals surface area (Å²) < 4.78 is 56.6. The van der Waals surface area contributed by atoms with Crippen molar-refractivity contribution in [1.29, 1.82) is 0 Å². The molecule has 3 aliphatic heterocycles. The lowest BCUT2D eigenvalue weighted by molar-refractivity contribution is 0.122. The second-order valence-corrected chi connectivity index (χ2v) is 14.4. The van der Waals surface area contributed by atoms with Crippen molar-refractivity contribution in [1.82, 2.24) is 0 Å². The Kier molecular flexibility index (Phi) is 8.43. The Morgan fingerprint density at radius 1 is 0.736 bits per heavy atom. The minimum absolute atomic E-state index is 0.511. The first-order valence-electron chi connectivity index (χ1n) is 18.8. The number of rotatable bonds is 7. The summed E-state index contributed by atoms with van der Waals surface area (Å²) in [6.07, 6.45) is 5.59. The molecule has 0 saturated carbocycles. The molecule has 8 heteroatoms. The molecule has 5 aromatic rings. The number of fused-ring (bicyclic) bond motifs is 8. The van der Waals surface area contributed by atoms with Crippen LogP contribution in [0.15, 0.2) is 84.9 Å². The second kappa shape index (κ2) is 13.2. The highest BCUT2D eigenvalue weighted by atomic mass is 19.1. The fraction of sp³-hybridized carbons (Fsp3) is 0.333. The molecule has 0 aromatic heterocycles. The number of morpholine rings is 2. The van der Waals surface area contributed by atoms with Crippen LogP contribution in [0.4, 0.5) is 20.2 Å². The number of halogens is 2. The van der Waals surface area contributed by atoms with E-state index in [-0.39, 0.29) is 0 Å². The van der Waals surface area contributed by atoms with Crippen molar-refractivity contribution in [2.45, 2.75) is 37.7 Å². The zero-order valence-electron chi connectivity index (χ0n) is 30.5. The number of hydrogen-bond acceptors (Lipinski definition) is 6. The van der Waals surface area contributed by atoms with Gasteiger partial charge in [0.2, 0.25) is 0 Å². The van der Waals surface area contributed by atoms with Crippen molar-refractivity contribution in [3.8, 4) is 22.6 Å². The molecule has 0 amide bonds. The maximum atomic E-state index is 16.3. The summed E-state index contributed by atoms with van der Waals surface area (Å²) in [5.41, 5.74) is 6.29. The van der Waals surface area contributed by atoms with Crippen LogP contribution in [0.1, 0.15) is 54.5 Å². The molecule has 5 aromatic carbocycles. The van der Waals surface area contributed by atoms with Crippen LogP contribution in [0, 0.1) is 11.6 Å². The zero-order valence-corrected chi connectivity index (χ0v) is 30.5. The molecule has 0 spiro atoms. The maximum absolute atomic E-state index is 16.3. The fourth-order valence-electron chi connectivity index (χ4n) is 9.39. The highest BCUT2D eigenvalue weighted by molar-refractivity contribution is 6.10. The molecule has 53 heavy (non-hydrogen) atoms. The minimum Gasteiger partial charge on any atom is -0.495 e. The van der Waals surface area contributed by atoms with E-state index in [1.807, 2.05) is 18.2 Å². The monoisotopic (exact) mass is 714 g/mol. The first kappa shape index (κ1) is 33.9. The van der Waals surface area contributed by atoms with E-state index in [0.717, 1.165) is 69.1 Å². The molecule has 272 valence electrons. The number of methoxy groups -OCH3 is 1. The average Bonchev–Trinajstić information content (AvgIpc) is 3.52. The van der Waals surface area contributed by atoms with E-state index >= 15 is 8.78 Å². The molecular formula is C45H44F2N2O4. The summed E-state index contributed by atoms with van der Waals surface area (Å²) in [6.45, 7) is 9.96. The molecule has 1 unspecified atom stereocenters. The van der Waals surface area contributed by atoms with Crippen LogP contribution in [0.2, 0.25) is 0 Å². The molecule has 2 fully saturated rings. The smallest absolute Gasteiger partial charge is 0.178 e. The second-order valence-electron chi connectivity index (χ2n) is 14.4. The number of nitrogens with zero attached hydrogens (tertiary/aromatic N) is 2. The van der Waals surface area contributed by atoms with Crippen LogP contribution in [0.3, 0.4) is 0 Å². The van der Waals surface area contributed by atoms with Crippen molar-refractivity contribution in [2.24, 2.45) is 0 Å². The Hall–Kier alpha value is -4.92. The van der Waals surface area contributed by atoms with Gasteiger partial charge in [0.1, 0.15) is 23.1 Å². The van der Waals surface area contributed by atoms with Gasteiger partial charge in [0.25, 0.3) is 0 Å². The number of anilines is 2. The first-order valence-corrected chi connectivity index (χ1v) is 18.8. The third-order valence-corrected chi connectivity index (χ3v) is 12.1. The molecule has 1 atom stereocenters. The lowest BCUT2D eigenvalue weighted by atomic mass is 9.71. The van der Waals surface area contributed by atoms with Gasteiger partial charge in [0, 0.05) is 71.0 Å². The van der Waals surface area contributed by atoms with Gasteiger partial charge in [-0.2, -0.15) is 0 Å². The summed E-state index contributed by atoms with van der Waals surface area (Å²) >= 11 is 0. The Bertz CT molecular complexity index is 2220. The Morgan fingerprint density at radius 3 is 2.06 bits per heavy atom. The molecule has 2 saturated heterocycles. The van der Waals surface area contributed by atoms with Gasteiger partial charge in [-0.1, -0.05) is 62.4 Å². The number of ether oxygens (including phenoxy) is 4. The van der Waals surface area contributed by atoms with Gasteiger partial charge in [-0.3, -0.25) is 0 Å². The molecule has 0 radical (unpaired) electrons. The number of benzene rings is 5. The SMILES string of the molecule is CCC1(CC)c2c(F)cc(F)cc2-c2c1c1c(c3cc(OC)c(N4CCOCC4)cc23)OC(c2ccccc2)(c2ccc(N3CCOCC3)cc2)C=C1. The van der Waals surface area contributed by atoms with E-state index in [1.165, 1.54) is 6.07 Å². The first-order chi connectivity index (χ1) is 25.9. The Morgan fingerprint density at radius 2 is 1.40 bits per heavy atom. The van der Waals surface area contributed by atoms with E-state index in [0.29, 0.717) is 75.0 Å². The van der Waals surface area contributed by atoms with E-state index in [2.05, 4.69) is 84.3 Å². The largest absolute Gasteiger partial charge is 0.495 e.